The Hall–Kier alpha value is -1.89. The molecule has 2 N–H and O–H groups in total. The third kappa shape index (κ3) is 5.31. The number of aliphatic imine (C=N–C) groups is 1. The van der Waals surface area contributed by atoms with Crippen LogP contribution in [0.2, 0.25) is 0 Å². The number of halogens is 3. The Morgan fingerprint density at radius 3 is 2.59 bits per heavy atom. The van der Waals surface area contributed by atoms with Crippen molar-refractivity contribution in [3.8, 4) is 0 Å². The average Bonchev–Trinajstić information content (AvgIpc) is 3.07. The predicted octanol–water partition coefficient (Wildman–Crippen LogP) is 0.320. The minimum absolute atomic E-state index is 0.156. The molecule has 154 valence electrons. The van der Waals surface area contributed by atoms with E-state index in [1.807, 2.05) is 11.5 Å². The Kier molecular flexibility index (Phi) is 7.03. The molecule has 2 rings (SSSR count). The van der Waals surface area contributed by atoms with Crippen molar-refractivity contribution in [1.82, 2.24) is 29.7 Å². The van der Waals surface area contributed by atoms with E-state index in [1.54, 1.807) is 13.4 Å². The lowest BCUT2D eigenvalue weighted by Crippen LogP contribution is -2.51. The molecule has 1 fully saturated rings. The summed E-state index contributed by atoms with van der Waals surface area (Å²) in [6.45, 7) is 2.82. The van der Waals surface area contributed by atoms with Gasteiger partial charge in [0.2, 0.25) is 0 Å². The van der Waals surface area contributed by atoms with Crippen LogP contribution in [-0.2, 0) is 23.0 Å². The third-order valence-corrected chi connectivity index (χ3v) is 5.94. The first-order valence-electron chi connectivity index (χ1n) is 8.59. The van der Waals surface area contributed by atoms with Gasteiger partial charge in [0.15, 0.2) is 5.96 Å². The third-order valence-electron chi connectivity index (χ3n) is 4.31. The van der Waals surface area contributed by atoms with E-state index in [1.165, 1.54) is 0 Å². The second-order valence-electron chi connectivity index (χ2n) is 6.06. The fourth-order valence-corrected chi connectivity index (χ4v) is 3.79. The van der Waals surface area contributed by atoms with E-state index in [9.17, 15) is 21.6 Å². The normalized spacial score (nSPS) is 17.9. The van der Waals surface area contributed by atoms with Crippen LogP contribution in [0.1, 0.15) is 25.6 Å². The molecule has 1 aliphatic heterocycles. The minimum atomic E-state index is -5.26. The molecule has 0 spiro atoms. The van der Waals surface area contributed by atoms with E-state index in [0.29, 0.717) is 23.4 Å². The van der Waals surface area contributed by atoms with E-state index in [4.69, 9.17) is 0 Å². The molecule has 0 amide bonds. The standard InChI is InChI=1S/C14H24F3N7O2S/c1-3-12-22-20-10-23(12)9-6-19-13(18-2)21-11-4-7-24(8-5-11)27(25,26)14(15,16)17/h10-11H,3-9H2,1-2H3,(H2,18,19,21). The highest BCUT2D eigenvalue weighted by Gasteiger charge is 2.50. The summed E-state index contributed by atoms with van der Waals surface area (Å²) in [7, 11) is -3.67. The van der Waals surface area contributed by atoms with Gasteiger partial charge in [-0.3, -0.25) is 4.99 Å². The Bertz CT molecular complexity index is 740. The largest absolute Gasteiger partial charge is 0.511 e. The zero-order chi connectivity index (χ0) is 20.1. The summed E-state index contributed by atoms with van der Waals surface area (Å²) in [5, 5.41) is 14.1. The highest BCUT2D eigenvalue weighted by Crippen LogP contribution is 2.28. The smallest absolute Gasteiger partial charge is 0.355 e. The number of rotatable bonds is 6. The van der Waals surface area contributed by atoms with Gasteiger partial charge in [-0.05, 0) is 12.8 Å². The molecular formula is C14H24F3N7O2S. The van der Waals surface area contributed by atoms with Crippen molar-refractivity contribution in [2.24, 2.45) is 4.99 Å². The van der Waals surface area contributed by atoms with Crippen molar-refractivity contribution in [3.05, 3.63) is 12.2 Å². The van der Waals surface area contributed by atoms with Gasteiger partial charge in [0.05, 0.1) is 0 Å². The fraction of sp³-hybridized carbons (Fsp3) is 0.786. The first-order chi connectivity index (χ1) is 12.7. The van der Waals surface area contributed by atoms with Crippen LogP contribution in [0.25, 0.3) is 0 Å². The van der Waals surface area contributed by atoms with Crippen LogP contribution in [0.5, 0.6) is 0 Å². The number of nitrogens with one attached hydrogen (secondary N) is 2. The monoisotopic (exact) mass is 411 g/mol. The number of nitrogens with zero attached hydrogens (tertiary/aromatic N) is 5. The van der Waals surface area contributed by atoms with Crippen molar-refractivity contribution < 1.29 is 21.6 Å². The van der Waals surface area contributed by atoms with Gasteiger partial charge >= 0.3 is 15.5 Å². The second-order valence-corrected chi connectivity index (χ2v) is 7.99. The maximum Gasteiger partial charge on any atom is 0.511 e. The molecule has 1 aromatic heterocycles. The molecule has 1 aromatic rings. The Balaban J connectivity index is 1.79. The summed E-state index contributed by atoms with van der Waals surface area (Å²) in [5.41, 5.74) is -5.26. The van der Waals surface area contributed by atoms with Crippen LogP contribution in [0, 0.1) is 0 Å². The minimum Gasteiger partial charge on any atom is -0.355 e. The number of hydrogen-bond donors (Lipinski definition) is 2. The molecule has 0 bridgehead atoms. The summed E-state index contributed by atoms with van der Waals surface area (Å²) in [6.07, 6.45) is 2.95. The van der Waals surface area contributed by atoms with E-state index < -0.39 is 15.5 Å². The Morgan fingerprint density at radius 1 is 1.37 bits per heavy atom. The lowest BCUT2D eigenvalue weighted by atomic mass is 10.1. The van der Waals surface area contributed by atoms with Crippen LogP contribution in [-0.4, -0.2) is 71.7 Å². The van der Waals surface area contributed by atoms with Gasteiger partial charge in [-0.2, -0.15) is 17.5 Å². The number of sulfonamides is 1. The van der Waals surface area contributed by atoms with Gasteiger partial charge in [0.1, 0.15) is 12.2 Å². The number of hydrogen-bond acceptors (Lipinski definition) is 5. The highest BCUT2D eigenvalue weighted by molar-refractivity contribution is 7.90. The van der Waals surface area contributed by atoms with Crippen molar-refractivity contribution in [3.63, 3.8) is 0 Å². The predicted molar refractivity (Wildman–Crippen MR) is 93.5 cm³/mol. The van der Waals surface area contributed by atoms with Gasteiger partial charge < -0.3 is 15.2 Å². The SMILES string of the molecule is CCc1nncn1CCNC(=NC)NC1CCN(S(=O)(=O)C(F)(F)F)CC1. The van der Waals surface area contributed by atoms with E-state index in [2.05, 4.69) is 25.8 Å². The van der Waals surface area contributed by atoms with Gasteiger partial charge in [0.25, 0.3) is 0 Å². The molecule has 9 nitrogen and oxygen atoms in total. The van der Waals surface area contributed by atoms with Crippen LogP contribution in [0.4, 0.5) is 13.2 Å². The van der Waals surface area contributed by atoms with Gasteiger partial charge in [-0.25, -0.2) is 8.42 Å². The van der Waals surface area contributed by atoms with E-state index in [-0.39, 0.29) is 32.0 Å². The maximum atomic E-state index is 12.6. The first-order valence-corrected chi connectivity index (χ1v) is 10.0. The van der Waals surface area contributed by atoms with E-state index >= 15 is 0 Å². The van der Waals surface area contributed by atoms with Crippen LogP contribution in [0.15, 0.2) is 11.3 Å². The average molecular weight is 411 g/mol. The van der Waals surface area contributed by atoms with Crippen LogP contribution < -0.4 is 10.6 Å². The first kappa shape index (κ1) is 21.4. The summed E-state index contributed by atoms with van der Waals surface area (Å²) in [6, 6.07) is -0.156. The topological polar surface area (TPSA) is 105 Å². The molecule has 2 heterocycles. The number of guanidine groups is 1. The molecule has 1 aliphatic rings. The van der Waals surface area contributed by atoms with Gasteiger partial charge in [-0.15, -0.1) is 10.2 Å². The molecule has 0 radical (unpaired) electrons. The molecule has 0 saturated carbocycles. The molecule has 1 saturated heterocycles. The number of aryl methyl sites for hydroxylation is 1. The lowest BCUT2D eigenvalue weighted by molar-refractivity contribution is -0.0494. The van der Waals surface area contributed by atoms with Crippen molar-refractivity contribution >= 4 is 16.0 Å². The van der Waals surface area contributed by atoms with Crippen molar-refractivity contribution in [2.45, 2.75) is 44.3 Å². The van der Waals surface area contributed by atoms with Crippen molar-refractivity contribution in [1.29, 1.82) is 0 Å². The summed E-state index contributed by atoms with van der Waals surface area (Å²) >= 11 is 0. The van der Waals surface area contributed by atoms with Crippen molar-refractivity contribution in [2.75, 3.05) is 26.7 Å². The van der Waals surface area contributed by atoms with Gasteiger partial charge in [-0.1, -0.05) is 6.92 Å². The quantitative estimate of drug-likeness (QED) is 0.516. The molecular weight excluding hydrogens is 387 g/mol. The zero-order valence-corrected chi connectivity index (χ0v) is 16.0. The van der Waals surface area contributed by atoms with Crippen LogP contribution in [0.3, 0.4) is 0 Å². The molecule has 0 unspecified atom stereocenters. The second kappa shape index (κ2) is 8.87. The molecule has 0 atom stereocenters. The molecule has 13 heteroatoms. The molecule has 0 aromatic carbocycles. The summed E-state index contributed by atoms with van der Waals surface area (Å²) in [4.78, 5) is 4.09. The summed E-state index contributed by atoms with van der Waals surface area (Å²) in [5.74, 6) is 1.39. The molecule has 0 aliphatic carbocycles. The highest BCUT2D eigenvalue weighted by atomic mass is 32.2. The maximum absolute atomic E-state index is 12.6. The number of alkyl halides is 3. The van der Waals surface area contributed by atoms with Crippen LogP contribution >= 0.6 is 0 Å². The van der Waals surface area contributed by atoms with Gasteiger partial charge in [0, 0.05) is 45.7 Å². The number of aromatic nitrogens is 3. The fourth-order valence-electron chi connectivity index (χ4n) is 2.81. The summed E-state index contributed by atoms with van der Waals surface area (Å²) < 4.78 is 63.1. The number of piperidine rings is 1. The zero-order valence-electron chi connectivity index (χ0n) is 15.2. The molecule has 27 heavy (non-hydrogen) atoms. The Labute approximate surface area is 156 Å². The Morgan fingerprint density at radius 2 is 2.04 bits per heavy atom. The van der Waals surface area contributed by atoms with E-state index in [0.717, 1.165) is 12.2 Å². The lowest BCUT2D eigenvalue weighted by Gasteiger charge is -2.32.